The first-order valence-corrected chi connectivity index (χ1v) is 10.1. The second kappa shape index (κ2) is 8.67. The van der Waals surface area contributed by atoms with Crippen molar-refractivity contribution in [2.24, 2.45) is 5.73 Å². The number of methoxy groups -OCH3 is 3. The summed E-state index contributed by atoms with van der Waals surface area (Å²) in [5.74, 6) is 1.25. The number of allylic oxidation sites excluding steroid dienone is 1. The number of nitrogens with zero attached hydrogens (tertiary/aromatic N) is 2. The van der Waals surface area contributed by atoms with Crippen LogP contribution in [0.1, 0.15) is 28.5 Å². The quantitative estimate of drug-likeness (QED) is 0.609. The van der Waals surface area contributed by atoms with Gasteiger partial charge in [0.05, 0.1) is 45.6 Å². The van der Waals surface area contributed by atoms with E-state index in [0.717, 1.165) is 0 Å². The summed E-state index contributed by atoms with van der Waals surface area (Å²) >= 11 is 0. The van der Waals surface area contributed by atoms with Crippen LogP contribution < -0.4 is 30.2 Å². The predicted molar refractivity (Wildman–Crippen MR) is 119 cm³/mol. The lowest BCUT2D eigenvalue weighted by molar-refractivity contribution is 0.346. The highest BCUT2D eigenvalue weighted by Gasteiger charge is 2.37. The molecule has 9 nitrogen and oxygen atoms in total. The number of hydrogen-bond acceptors (Lipinski definition) is 8. The lowest BCUT2D eigenvalue weighted by atomic mass is 9.83. The zero-order chi connectivity index (χ0) is 23.7. The molecular weight excluding hydrogens is 426 g/mol. The molecule has 1 aliphatic rings. The Kier molecular flexibility index (Phi) is 5.75. The molecule has 2 aromatic heterocycles. The molecule has 4 rings (SSSR count). The Morgan fingerprint density at radius 1 is 1.12 bits per heavy atom. The van der Waals surface area contributed by atoms with Gasteiger partial charge in [0.2, 0.25) is 5.88 Å². The van der Waals surface area contributed by atoms with E-state index in [4.69, 9.17) is 29.1 Å². The number of nitrogens with two attached hydrogens (primary N) is 1. The highest BCUT2D eigenvalue weighted by molar-refractivity contribution is 5.61. The molecule has 1 aromatic carbocycles. The predicted octanol–water partition coefficient (Wildman–Crippen LogP) is 3.04. The van der Waals surface area contributed by atoms with Crippen LogP contribution in [0.2, 0.25) is 0 Å². The summed E-state index contributed by atoms with van der Waals surface area (Å²) < 4.78 is 29.1. The van der Waals surface area contributed by atoms with Gasteiger partial charge in [-0.25, -0.2) is 0 Å². The Morgan fingerprint density at radius 3 is 2.42 bits per heavy atom. The Bertz CT molecular complexity index is 1330. The molecule has 0 fully saturated rings. The van der Waals surface area contributed by atoms with Crippen LogP contribution >= 0.6 is 0 Å². The second-order valence-electron chi connectivity index (χ2n) is 7.41. The lowest BCUT2D eigenvalue weighted by Gasteiger charge is -2.28. The molecule has 0 radical (unpaired) electrons. The normalized spacial score (nSPS) is 14.8. The number of pyridine rings is 1. The zero-order valence-electron chi connectivity index (χ0n) is 18.7. The molecule has 0 saturated heterocycles. The van der Waals surface area contributed by atoms with Gasteiger partial charge in [-0.3, -0.25) is 4.79 Å². The highest BCUT2D eigenvalue weighted by atomic mass is 16.5. The number of aromatic nitrogens is 1. The lowest BCUT2D eigenvalue weighted by Crippen LogP contribution is -2.33. The smallest absolute Gasteiger partial charge is 0.259 e. The summed E-state index contributed by atoms with van der Waals surface area (Å²) in [7, 11) is 4.50. The van der Waals surface area contributed by atoms with Crippen LogP contribution in [-0.4, -0.2) is 25.9 Å². The standard InChI is InChI=1S/C24H23N3O6/c1-13-8-20-22(24(28)27(13)12-14-6-5-7-32-14)21(16(11-25)23(26)33-20)15-9-18(30-3)19(31-4)10-17(15)29-2/h5-10,21H,12,26H2,1-4H3/t21-/m1/s1. The van der Waals surface area contributed by atoms with Crippen molar-refractivity contribution in [1.29, 1.82) is 5.26 Å². The second-order valence-corrected chi connectivity index (χ2v) is 7.41. The number of benzene rings is 1. The summed E-state index contributed by atoms with van der Waals surface area (Å²) in [5, 5.41) is 9.94. The van der Waals surface area contributed by atoms with Crippen molar-refractivity contribution in [2.75, 3.05) is 21.3 Å². The monoisotopic (exact) mass is 449 g/mol. The average Bonchev–Trinajstić information content (AvgIpc) is 3.33. The van der Waals surface area contributed by atoms with E-state index in [1.165, 1.54) is 21.3 Å². The van der Waals surface area contributed by atoms with E-state index in [-0.39, 0.29) is 34.9 Å². The molecule has 1 atom stereocenters. The third kappa shape index (κ3) is 3.65. The van der Waals surface area contributed by atoms with E-state index in [2.05, 4.69) is 6.07 Å². The van der Waals surface area contributed by atoms with Crippen LogP contribution in [0.3, 0.4) is 0 Å². The topological polar surface area (TPSA) is 122 Å². The van der Waals surface area contributed by atoms with Crippen molar-refractivity contribution in [1.82, 2.24) is 4.57 Å². The summed E-state index contributed by atoms with van der Waals surface area (Å²) in [6, 6.07) is 10.7. The van der Waals surface area contributed by atoms with Gasteiger partial charge in [-0.2, -0.15) is 5.26 Å². The molecule has 0 amide bonds. The molecule has 2 N–H and O–H groups in total. The van der Waals surface area contributed by atoms with Crippen molar-refractivity contribution in [3.8, 4) is 29.1 Å². The number of fused-ring (bicyclic) bond motifs is 1. The Balaban J connectivity index is 2.00. The number of hydrogen-bond donors (Lipinski definition) is 1. The van der Waals surface area contributed by atoms with Crippen LogP contribution in [-0.2, 0) is 6.54 Å². The Labute approximate surface area is 190 Å². The number of furan rings is 1. The van der Waals surface area contributed by atoms with Gasteiger partial charge in [0, 0.05) is 23.4 Å². The van der Waals surface area contributed by atoms with Gasteiger partial charge in [-0.05, 0) is 25.1 Å². The van der Waals surface area contributed by atoms with Crippen molar-refractivity contribution in [3.05, 3.63) is 81.0 Å². The van der Waals surface area contributed by atoms with Crippen LogP contribution in [0.15, 0.2) is 57.3 Å². The number of rotatable bonds is 6. The maximum absolute atomic E-state index is 13.8. The first kappa shape index (κ1) is 21.9. The first-order chi connectivity index (χ1) is 15.9. The SMILES string of the molecule is COc1cc(OC)c([C@@H]2C(C#N)=C(N)Oc3cc(C)n(Cc4ccco4)c(=O)c32)cc1OC. The summed E-state index contributed by atoms with van der Waals surface area (Å²) in [5.41, 5.74) is 7.32. The number of aryl methyl sites for hydroxylation is 1. The van der Waals surface area contributed by atoms with Crippen LogP contribution in [0, 0.1) is 18.3 Å². The third-order valence-corrected chi connectivity index (χ3v) is 5.63. The first-order valence-electron chi connectivity index (χ1n) is 10.1. The molecule has 0 spiro atoms. The van der Waals surface area contributed by atoms with E-state index in [9.17, 15) is 10.1 Å². The number of ether oxygens (including phenoxy) is 4. The maximum atomic E-state index is 13.8. The fraction of sp³-hybridized carbons (Fsp3) is 0.250. The minimum Gasteiger partial charge on any atom is -0.496 e. The highest BCUT2D eigenvalue weighted by Crippen LogP contribution is 2.46. The van der Waals surface area contributed by atoms with E-state index in [1.54, 1.807) is 48.1 Å². The van der Waals surface area contributed by atoms with Crippen molar-refractivity contribution >= 4 is 0 Å². The van der Waals surface area contributed by atoms with Crippen molar-refractivity contribution in [2.45, 2.75) is 19.4 Å². The molecule has 0 aliphatic carbocycles. The van der Waals surface area contributed by atoms with Crippen LogP contribution in [0.5, 0.6) is 23.0 Å². The molecule has 3 heterocycles. The van der Waals surface area contributed by atoms with E-state index < -0.39 is 5.92 Å². The maximum Gasteiger partial charge on any atom is 0.259 e. The van der Waals surface area contributed by atoms with E-state index >= 15 is 0 Å². The molecule has 3 aromatic rings. The Hall–Kier alpha value is -4.32. The molecule has 1 aliphatic heterocycles. The van der Waals surface area contributed by atoms with Gasteiger partial charge < -0.3 is 33.7 Å². The van der Waals surface area contributed by atoms with Gasteiger partial charge >= 0.3 is 0 Å². The van der Waals surface area contributed by atoms with Gasteiger partial charge in [0.25, 0.3) is 5.56 Å². The third-order valence-electron chi connectivity index (χ3n) is 5.63. The summed E-state index contributed by atoms with van der Waals surface area (Å²) in [6.07, 6.45) is 1.55. The van der Waals surface area contributed by atoms with E-state index in [1.807, 2.05) is 0 Å². The molecule has 170 valence electrons. The van der Waals surface area contributed by atoms with Gasteiger partial charge in [0.15, 0.2) is 11.5 Å². The largest absolute Gasteiger partial charge is 0.496 e. The average molecular weight is 449 g/mol. The fourth-order valence-corrected chi connectivity index (χ4v) is 4.03. The fourth-order valence-electron chi connectivity index (χ4n) is 4.03. The van der Waals surface area contributed by atoms with Crippen LogP contribution in [0.4, 0.5) is 0 Å². The van der Waals surface area contributed by atoms with Gasteiger partial charge in [-0.1, -0.05) is 0 Å². The van der Waals surface area contributed by atoms with Gasteiger partial charge in [-0.15, -0.1) is 0 Å². The van der Waals surface area contributed by atoms with Crippen molar-refractivity contribution in [3.63, 3.8) is 0 Å². The summed E-state index contributed by atoms with van der Waals surface area (Å²) in [4.78, 5) is 13.8. The number of nitriles is 1. The minimum atomic E-state index is -0.843. The molecule has 0 bridgehead atoms. The molecule has 33 heavy (non-hydrogen) atoms. The minimum absolute atomic E-state index is 0.0746. The zero-order valence-corrected chi connectivity index (χ0v) is 18.7. The van der Waals surface area contributed by atoms with Gasteiger partial charge in [0.1, 0.15) is 28.9 Å². The van der Waals surface area contributed by atoms with E-state index in [0.29, 0.717) is 34.3 Å². The molecule has 9 heteroatoms. The molecule has 0 unspecified atom stereocenters. The molecule has 0 saturated carbocycles. The Morgan fingerprint density at radius 2 is 1.82 bits per heavy atom. The van der Waals surface area contributed by atoms with Crippen LogP contribution in [0.25, 0.3) is 0 Å². The summed E-state index contributed by atoms with van der Waals surface area (Å²) in [6.45, 7) is 2.02. The molecular formula is C24H23N3O6. The van der Waals surface area contributed by atoms with Crippen molar-refractivity contribution < 1.29 is 23.4 Å².